The van der Waals surface area contributed by atoms with Crippen LogP contribution in [0.1, 0.15) is 49.3 Å². The number of halogens is 2. The highest BCUT2D eigenvalue weighted by molar-refractivity contribution is 5.89. The zero-order valence-corrected chi connectivity index (χ0v) is 23.2. The fourth-order valence-electron chi connectivity index (χ4n) is 5.13. The Balaban J connectivity index is 1.45. The molecule has 1 aromatic heterocycles. The Morgan fingerprint density at radius 1 is 0.952 bits per heavy atom. The summed E-state index contributed by atoms with van der Waals surface area (Å²) in [6.07, 6.45) is 4.85. The molecular formula is C31H32F2N6O3. The maximum absolute atomic E-state index is 13.9. The number of carbonyl (C=O) groups excluding carboxylic acids is 2. The van der Waals surface area contributed by atoms with Gasteiger partial charge >= 0.3 is 0 Å². The van der Waals surface area contributed by atoms with E-state index in [1.807, 2.05) is 0 Å². The Morgan fingerprint density at radius 2 is 1.60 bits per heavy atom. The predicted molar refractivity (Wildman–Crippen MR) is 151 cm³/mol. The molecule has 0 radical (unpaired) electrons. The van der Waals surface area contributed by atoms with Crippen molar-refractivity contribution in [3.05, 3.63) is 95.6 Å². The van der Waals surface area contributed by atoms with Crippen LogP contribution in [-0.4, -0.2) is 50.1 Å². The van der Waals surface area contributed by atoms with Crippen LogP contribution in [0.15, 0.2) is 72.8 Å². The molecule has 5 rings (SSSR count). The van der Waals surface area contributed by atoms with Gasteiger partial charge in [-0.05, 0) is 77.7 Å². The van der Waals surface area contributed by atoms with Crippen LogP contribution in [0.25, 0.3) is 11.4 Å². The number of carbonyl (C=O) groups is 2. The molecule has 1 aliphatic rings. The van der Waals surface area contributed by atoms with E-state index in [4.69, 9.17) is 4.74 Å². The van der Waals surface area contributed by atoms with E-state index in [9.17, 15) is 18.4 Å². The molecule has 42 heavy (non-hydrogen) atoms. The summed E-state index contributed by atoms with van der Waals surface area (Å²) in [5, 5.41) is 15.6. The van der Waals surface area contributed by atoms with Crippen LogP contribution in [0.4, 0.5) is 8.78 Å². The smallest absolute Gasteiger partial charge is 0.247 e. The molecule has 2 amide bonds. The number of aromatic nitrogens is 4. The van der Waals surface area contributed by atoms with E-state index in [0.29, 0.717) is 28.3 Å². The van der Waals surface area contributed by atoms with Crippen LogP contribution >= 0.6 is 0 Å². The highest BCUT2D eigenvalue weighted by Gasteiger charge is 2.33. The first-order valence-corrected chi connectivity index (χ1v) is 13.9. The fraction of sp³-hybridized carbons (Fsp3) is 0.323. The Kier molecular flexibility index (Phi) is 9.15. The van der Waals surface area contributed by atoms with Crippen molar-refractivity contribution in [2.24, 2.45) is 0 Å². The summed E-state index contributed by atoms with van der Waals surface area (Å²) < 4.78 is 32.8. The monoisotopic (exact) mass is 574 g/mol. The van der Waals surface area contributed by atoms with Gasteiger partial charge in [0, 0.05) is 18.2 Å². The second-order valence-corrected chi connectivity index (χ2v) is 10.3. The number of ether oxygens (including phenoxy) is 1. The van der Waals surface area contributed by atoms with E-state index in [1.165, 1.54) is 46.1 Å². The van der Waals surface area contributed by atoms with Gasteiger partial charge in [0.25, 0.3) is 0 Å². The molecule has 0 spiro atoms. The molecule has 1 saturated carbocycles. The SMILES string of the molecule is COc1ccc(-c2nnn(CC(=O)N(Cc3ccc(F)cc3)C(C(=O)NC3CCCCC3)c3ccc(F)cc3)n2)cc1. The Morgan fingerprint density at radius 3 is 2.24 bits per heavy atom. The lowest BCUT2D eigenvalue weighted by molar-refractivity contribution is -0.142. The maximum Gasteiger partial charge on any atom is 0.247 e. The first-order valence-electron chi connectivity index (χ1n) is 13.9. The molecule has 218 valence electrons. The van der Waals surface area contributed by atoms with Gasteiger partial charge in [-0.2, -0.15) is 4.80 Å². The Labute approximate surface area is 242 Å². The van der Waals surface area contributed by atoms with Crippen molar-refractivity contribution in [1.29, 1.82) is 0 Å². The normalized spacial score (nSPS) is 14.3. The van der Waals surface area contributed by atoms with E-state index in [1.54, 1.807) is 43.5 Å². The minimum atomic E-state index is -1.07. The number of rotatable bonds is 10. The topological polar surface area (TPSA) is 102 Å². The molecule has 1 aliphatic carbocycles. The lowest BCUT2D eigenvalue weighted by atomic mass is 9.94. The van der Waals surface area contributed by atoms with Crippen molar-refractivity contribution >= 4 is 11.8 Å². The van der Waals surface area contributed by atoms with E-state index in [2.05, 4.69) is 20.7 Å². The molecule has 9 nitrogen and oxygen atoms in total. The van der Waals surface area contributed by atoms with Gasteiger partial charge in [0.1, 0.15) is 30.0 Å². The predicted octanol–water partition coefficient (Wildman–Crippen LogP) is 4.85. The molecular weight excluding hydrogens is 542 g/mol. The minimum Gasteiger partial charge on any atom is -0.497 e. The Bertz CT molecular complexity index is 1490. The van der Waals surface area contributed by atoms with Crippen molar-refractivity contribution < 1.29 is 23.1 Å². The highest BCUT2D eigenvalue weighted by Crippen LogP contribution is 2.27. The van der Waals surface area contributed by atoms with Crippen molar-refractivity contribution in [3.8, 4) is 17.1 Å². The first-order chi connectivity index (χ1) is 20.4. The minimum absolute atomic E-state index is 0.000717. The fourth-order valence-corrected chi connectivity index (χ4v) is 5.13. The van der Waals surface area contributed by atoms with Gasteiger partial charge in [0.2, 0.25) is 17.6 Å². The van der Waals surface area contributed by atoms with Crippen LogP contribution in [0.2, 0.25) is 0 Å². The average molecular weight is 575 g/mol. The third-order valence-electron chi connectivity index (χ3n) is 7.36. The third-order valence-corrected chi connectivity index (χ3v) is 7.36. The molecule has 1 N–H and O–H groups in total. The third kappa shape index (κ3) is 7.15. The van der Waals surface area contributed by atoms with Crippen molar-refractivity contribution in [2.45, 2.75) is 57.3 Å². The van der Waals surface area contributed by atoms with E-state index >= 15 is 0 Å². The van der Waals surface area contributed by atoms with Crippen molar-refractivity contribution in [1.82, 2.24) is 30.4 Å². The second kappa shape index (κ2) is 13.3. The molecule has 0 aliphatic heterocycles. The van der Waals surface area contributed by atoms with Gasteiger partial charge in [-0.3, -0.25) is 9.59 Å². The average Bonchev–Trinajstić information content (AvgIpc) is 3.47. The summed E-state index contributed by atoms with van der Waals surface area (Å²) in [5.41, 5.74) is 1.76. The molecule has 0 bridgehead atoms. The number of nitrogens with zero attached hydrogens (tertiary/aromatic N) is 5. The summed E-state index contributed by atoms with van der Waals surface area (Å²) in [6, 6.07) is 17.3. The molecule has 3 aromatic carbocycles. The lowest BCUT2D eigenvalue weighted by Gasteiger charge is -2.33. The Hall–Kier alpha value is -4.67. The van der Waals surface area contributed by atoms with Crippen molar-refractivity contribution in [3.63, 3.8) is 0 Å². The van der Waals surface area contributed by atoms with Crippen molar-refractivity contribution in [2.75, 3.05) is 7.11 Å². The number of methoxy groups -OCH3 is 1. The summed E-state index contributed by atoms with van der Waals surface area (Å²) in [5.74, 6) is -0.712. The van der Waals surface area contributed by atoms with Gasteiger partial charge in [0.15, 0.2) is 0 Å². The first kappa shape index (κ1) is 28.8. The molecule has 1 fully saturated rings. The molecule has 0 saturated heterocycles. The molecule has 1 unspecified atom stereocenters. The number of nitrogens with one attached hydrogen (secondary N) is 1. The zero-order chi connectivity index (χ0) is 29.5. The van der Waals surface area contributed by atoms with Crippen LogP contribution < -0.4 is 10.1 Å². The number of benzene rings is 3. The number of hydrogen-bond donors (Lipinski definition) is 1. The molecule has 11 heteroatoms. The number of tetrazole rings is 1. The molecule has 4 aromatic rings. The maximum atomic E-state index is 13.9. The number of hydrogen-bond acceptors (Lipinski definition) is 6. The summed E-state index contributed by atoms with van der Waals surface area (Å²) in [4.78, 5) is 30.4. The van der Waals surface area contributed by atoms with Crippen LogP contribution in [-0.2, 0) is 22.7 Å². The van der Waals surface area contributed by atoms with Gasteiger partial charge in [-0.25, -0.2) is 8.78 Å². The summed E-state index contributed by atoms with van der Waals surface area (Å²) >= 11 is 0. The van der Waals surface area contributed by atoms with Crippen LogP contribution in [0.5, 0.6) is 5.75 Å². The molecule has 1 heterocycles. The highest BCUT2D eigenvalue weighted by atomic mass is 19.1. The zero-order valence-electron chi connectivity index (χ0n) is 23.2. The van der Waals surface area contributed by atoms with Crippen LogP contribution in [0.3, 0.4) is 0 Å². The largest absolute Gasteiger partial charge is 0.497 e. The van der Waals surface area contributed by atoms with Crippen LogP contribution in [0, 0.1) is 11.6 Å². The standard InChI is InChI=1S/C31H32F2N6O3/c1-42-27-17-11-23(12-18-27)30-35-37-39(36-30)20-28(40)38(19-21-7-13-24(32)14-8-21)29(22-9-15-25(33)16-10-22)31(41)34-26-5-3-2-4-6-26/h7-18,26,29H,2-6,19-20H2,1H3,(H,34,41). The lowest BCUT2D eigenvalue weighted by Crippen LogP contribution is -2.47. The molecule has 1 atom stereocenters. The summed E-state index contributed by atoms with van der Waals surface area (Å²) in [6.45, 7) is -0.308. The van der Waals surface area contributed by atoms with Gasteiger partial charge in [-0.1, -0.05) is 43.5 Å². The van der Waals surface area contributed by atoms with E-state index < -0.39 is 23.6 Å². The quantitative estimate of drug-likeness (QED) is 0.291. The number of amides is 2. The second-order valence-electron chi connectivity index (χ2n) is 10.3. The van der Waals surface area contributed by atoms with Gasteiger partial charge in [-0.15, -0.1) is 10.2 Å². The summed E-state index contributed by atoms with van der Waals surface area (Å²) in [7, 11) is 1.57. The van der Waals surface area contributed by atoms with Gasteiger partial charge in [0.05, 0.1) is 7.11 Å². The van der Waals surface area contributed by atoms with E-state index in [-0.39, 0.29) is 25.0 Å². The van der Waals surface area contributed by atoms with E-state index in [0.717, 1.165) is 32.1 Å². The van der Waals surface area contributed by atoms with Gasteiger partial charge < -0.3 is 15.0 Å².